The maximum absolute atomic E-state index is 13.2. The van der Waals surface area contributed by atoms with Gasteiger partial charge in [-0.3, -0.25) is 19.2 Å². The zero-order valence-corrected chi connectivity index (χ0v) is 13.7. The van der Waals surface area contributed by atoms with Gasteiger partial charge in [-0.25, -0.2) is 9.37 Å². The van der Waals surface area contributed by atoms with E-state index in [0.29, 0.717) is 24.8 Å². The largest absolute Gasteiger partial charge is 0.298 e. The van der Waals surface area contributed by atoms with Crippen LogP contribution in [-0.4, -0.2) is 27.7 Å². The maximum atomic E-state index is 13.2. The van der Waals surface area contributed by atoms with E-state index in [1.165, 1.54) is 12.1 Å². The molecule has 2 heterocycles. The van der Waals surface area contributed by atoms with Crippen LogP contribution in [0.2, 0.25) is 0 Å². The number of nitrogens with zero attached hydrogens (tertiary/aromatic N) is 4. The lowest BCUT2D eigenvalue weighted by molar-refractivity contribution is 0.198. The van der Waals surface area contributed by atoms with E-state index in [-0.39, 0.29) is 11.4 Å². The molecule has 1 aromatic carbocycles. The Morgan fingerprint density at radius 2 is 1.87 bits per heavy atom. The summed E-state index contributed by atoms with van der Waals surface area (Å²) >= 11 is 0. The number of hydrogen-bond donors (Lipinski definition) is 0. The van der Waals surface area contributed by atoms with E-state index in [1.807, 2.05) is 11.8 Å². The van der Waals surface area contributed by atoms with E-state index in [2.05, 4.69) is 16.8 Å². The maximum Gasteiger partial charge on any atom is 0.259 e. The molecule has 2 aromatic rings. The van der Waals surface area contributed by atoms with Crippen molar-refractivity contribution in [1.82, 2.24) is 14.5 Å². The fourth-order valence-corrected chi connectivity index (χ4v) is 2.86. The standard InChI is InChI=1S/C17H21FN4O/c1-4-9-20-10-21(15-7-5-14(18)6-8-15)17-19-13(3)12(2)16(23)22(17)11-20/h5-8H,4,9-11H2,1-3H3. The van der Waals surface area contributed by atoms with E-state index in [4.69, 9.17) is 0 Å². The predicted octanol–water partition coefficient (Wildman–Crippen LogP) is 2.78. The number of rotatable bonds is 3. The van der Waals surface area contributed by atoms with Gasteiger partial charge in [-0.2, -0.15) is 0 Å². The Bertz CT molecular complexity index is 769. The molecule has 0 saturated carbocycles. The van der Waals surface area contributed by atoms with Crippen LogP contribution in [0, 0.1) is 19.7 Å². The van der Waals surface area contributed by atoms with Gasteiger partial charge >= 0.3 is 0 Å². The average molecular weight is 316 g/mol. The van der Waals surface area contributed by atoms with Crippen molar-refractivity contribution >= 4 is 11.6 Å². The fourth-order valence-electron chi connectivity index (χ4n) is 2.86. The van der Waals surface area contributed by atoms with Crippen molar-refractivity contribution in [3.05, 3.63) is 51.7 Å². The van der Waals surface area contributed by atoms with Crippen LogP contribution in [0.25, 0.3) is 0 Å². The summed E-state index contributed by atoms with van der Waals surface area (Å²) in [6.45, 7) is 7.82. The third kappa shape index (κ3) is 2.86. The first-order valence-electron chi connectivity index (χ1n) is 7.84. The van der Waals surface area contributed by atoms with Gasteiger partial charge in [0.2, 0.25) is 5.95 Å². The minimum atomic E-state index is -0.276. The molecule has 0 atom stereocenters. The lowest BCUT2D eigenvalue weighted by atomic mass is 10.2. The summed E-state index contributed by atoms with van der Waals surface area (Å²) < 4.78 is 14.9. The summed E-state index contributed by atoms with van der Waals surface area (Å²) in [6.07, 6.45) is 1.000. The van der Waals surface area contributed by atoms with Crippen molar-refractivity contribution in [3.8, 4) is 0 Å². The molecule has 1 aromatic heterocycles. The highest BCUT2D eigenvalue weighted by Crippen LogP contribution is 2.27. The fraction of sp³-hybridized carbons (Fsp3) is 0.412. The van der Waals surface area contributed by atoms with Gasteiger partial charge in [0.25, 0.3) is 5.56 Å². The molecule has 3 rings (SSSR count). The molecule has 0 fully saturated rings. The number of fused-ring (bicyclic) bond motifs is 1. The minimum absolute atomic E-state index is 0.0135. The van der Waals surface area contributed by atoms with Gasteiger partial charge in [-0.15, -0.1) is 0 Å². The van der Waals surface area contributed by atoms with Crippen molar-refractivity contribution in [2.24, 2.45) is 0 Å². The lowest BCUT2D eigenvalue weighted by Crippen LogP contribution is -2.48. The summed E-state index contributed by atoms with van der Waals surface area (Å²) in [5.74, 6) is 0.346. The summed E-state index contributed by atoms with van der Waals surface area (Å²) in [4.78, 5) is 21.4. The van der Waals surface area contributed by atoms with E-state index in [1.54, 1.807) is 23.6 Å². The zero-order valence-electron chi connectivity index (χ0n) is 13.7. The summed E-state index contributed by atoms with van der Waals surface area (Å²) in [5, 5.41) is 0. The van der Waals surface area contributed by atoms with Crippen molar-refractivity contribution in [1.29, 1.82) is 0 Å². The number of aryl methyl sites for hydroxylation is 1. The number of hydrogen-bond acceptors (Lipinski definition) is 4. The highest BCUT2D eigenvalue weighted by Gasteiger charge is 2.26. The van der Waals surface area contributed by atoms with Gasteiger partial charge in [-0.1, -0.05) is 6.92 Å². The Kier molecular flexibility index (Phi) is 4.17. The Labute approximate surface area is 135 Å². The predicted molar refractivity (Wildman–Crippen MR) is 88.4 cm³/mol. The van der Waals surface area contributed by atoms with Crippen LogP contribution in [-0.2, 0) is 6.67 Å². The van der Waals surface area contributed by atoms with E-state index < -0.39 is 0 Å². The highest BCUT2D eigenvalue weighted by atomic mass is 19.1. The lowest BCUT2D eigenvalue weighted by Gasteiger charge is -2.38. The molecule has 0 radical (unpaired) electrons. The quantitative estimate of drug-likeness (QED) is 0.873. The van der Waals surface area contributed by atoms with Gasteiger partial charge < -0.3 is 0 Å². The molecule has 1 aliphatic heterocycles. The first-order chi connectivity index (χ1) is 11.0. The number of aromatic nitrogens is 2. The monoisotopic (exact) mass is 316 g/mol. The molecule has 0 amide bonds. The van der Waals surface area contributed by atoms with Crippen LogP contribution in [0.3, 0.4) is 0 Å². The average Bonchev–Trinajstić information content (AvgIpc) is 2.54. The van der Waals surface area contributed by atoms with Gasteiger partial charge in [0, 0.05) is 23.5 Å². The van der Waals surface area contributed by atoms with Crippen LogP contribution in [0.1, 0.15) is 24.6 Å². The summed E-state index contributed by atoms with van der Waals surface area (Å²) in [7, 11) is 0. The van der Waals surface area contributed by atoms with Crippen molar-refractivity contribution in [2.45, 2.75) is 33.9 Å². The molecule has 1 aliphatic rings. The van der Waals surface area contributed by atoms with Gasteiger partial charge in [-0.05, 0) is 44.5 Å². The van der Waals surface area contributed by atoms with Crippen LogP contribution in [0.5, 0.6) is 0 Å². The molecule has 5 nitrogen and oxygen atoms in total. The molecule has 122 valence electrons. The van der Waals surface area contributed by atoms with Gasteiger partial charge in [0.05, 0.1) is 13.3 Å². The molecular weight excluding hydrogens is 295 g/mol. The molecular formula is C17H21FN4O. The Morgan fingerprint density at radius 3 is 2.52 bits per heavy atom. The topological polar surface area (TPSA) is 41.4 Å². The molecule has 0 unspecified atom stereocenters. The van der Waals surface area contributed by atoms with E-state index in [9.17, 15) is 9.18 Å². The second-order valence-electron chi connectivity index (χ2n) is 5.94. The van der Waals surface area contributed by atoms with Crippen molar-refractivity contribution < 1.29 is 4.39 Å². The highest BCUT2D eigenvalue weighted by molar-refractivity contribution is 5.58. The van der Waals surface area contributed by atoms with Gasteiger partial charge in [0.1, 0.15) is 5.82 Å². The first kappa shape index (κ1) is 15.7. The third-order valence-electron chi connectivity index (χ3n) is 4.22. The summed E-state index contributed by atoms with van der Waals surface area (Å²) in [6, 6.07) is 6.29. The Morgan fingerprint density at radius 1 is 1.17 bits per heavy atom. The van der Waals surface area contributed by atoms with Crippen LogP contribution in [0.15, 0.2) is 29.1 Å². The number of benzene rings is 1. The summed E-state index contributed by atoms with van der Waals surface area (Å²) in [5.41, 5.74) is 2.22. The molecule has 0 N–H and O–H groups in total. The first-order valence-corrected chi connectivity index (χ1v) is 7.84. The molecule has 23 heavy (non-hydrogen) atoms. The SMILES string of the molecule is CCCN1CN(c2ccc(F)cc2)c2nc(C)c(C)c(=O)n2C1. The van der Waals surface area contributed by atoms with Gasteiger partial charge in [0.15, 0.2) is 0 Å². The minimum Gasteiger partial charge on any atom is -0.298 e. The molecule has 6 heteroatoms. The second kappa shape index (κ2) is 6.12. The van der Waals surface area contributed by atoms with Crippen LogP contribution < -0.4 is 10.5 Å². The van der Waals surface area contributed by atoms with E-state index >= 15 is 0 Å². The van der Waals surface area contributed by atoms with Crippen molar-refractivity contribution in [3.63, 3.8) is 0 Å². The van der Waals surface area contributed by atoms with Crippen LogP contribution in [0.4, 0.5) is 16.0 Å². The smallest absolute Gasteiger partial charge is 0.259 e. The molecule has 0 spiro atoms. The Balaban J connectivity index is 2.13. The normalized spacial score (nSPS) is 14.9. The molecule has 0 saturated heterocycles. The van der Waals surface area contributed by atoms with Crippen LogP contribution >= 0.6 is 0 Å². The Hall–Kier alpha value is -2.21. The number of anilines is 2. The molecule has 0 aliphatic carbocycles. The van der Waals surface area contributed by atoms with Crippen molar-refractivity contribution in [2.75, 3.05) is 18.1 Å². The third-order valence-corrected chi connectivity index (χ3v) is 4.22. The zero-order chi connectivity index (χ0) is 16.6. The number of halogens is 1. The molecule has 0 bridgehead atoms. The van der Waals surface area contributed by atoms with E-state index in [0.717, 1.165) is 24.3 Å². The second-order valence-corrected chi connectivity index (χ2v) is 5.94.